The second kappa shape index (κ2) is 11.9. The van der Waals surface area contributed by atoms with Gasteiger partial charge in [-0.3, -0.25) is 4.31 Å². The molecule has 2 heterocycles. The molecule has 0 spiro atoms. The largest absolute Gasteiger partial charge is 0.306 e. The predicted octanol–water partition coefficient (Wildman–Crippen LogP) is 6.98. The van der Waals surface area contributed by atoms with Gasteiger partial charge in [-0.2, -0.15) is 0 Å². The second-order valence-electron chi connectivity index (χ2n) is 8.58. The van der Waals surface area contributed by atoms with Crippen LogP contribution in [-0.2, 0) is 17.4 Å². The number of nitrogens with one attached hydrogen (secondary N) is 1. The maximum Gasteiger partial charge on any atom is 0.152 e. The van der Waals surface area contributed by atoms with Crippen LogP contribution < -0.4 is 5.32 Å². The minimum absolute atomic E-state index is 0.153. The van der Waals surface area contributed by atoms with Crippen molar-refractivity contribution in [3.63, 3.8) is 0 Å². The Morgan fingerprint density at radius 3 is 2.62 bits per heavy atom. The van der Waals surface area contributed by atoms with Gasteiger partial charge in [0, 0.05) is 27.9 Å². The Bertz CT molecular complexity index is 964. The monoisotopic (exact) mass is 532 g/mol. The molecule has 0 bridgehead atoms. The number of nitrogens with zero attached hydrogens (tertiary/aromatic N) is 1. The van der Waals surface area contributed by atoms with Gasteiger partial charge in [0.15, 0.2) is 11.0 Å². The molecule has 0 aromatic heterocycles. The fraction of sp³-hybridized carbons (Fsp3) is 0.462. The van der Waals surface area contributed by atoms with E-state index < -0.39 is 11.0 Å². The average Bonchev–Trinajstić information content (AvgIpc) is 3.27. The lowest BCUT2D eigenvalue weighted by Gasteiger charge is -2.21. The molecule has 2 aromatic rings. The highest BCUT2D eigenvalue weighted by molar-refractivity contribution is 9.10. The smallest absolute Gasteiger partial charge is 0.152 e. The summed E-state index contributed by atoms with van der Waals surface area (Å²) in [5.41, 5.74) is 3.87. The van der Waals surface area contributed by atoms with Crippen molar-refractivity contribution in [1.29, 1.82) is 0 Å². The maximum atomic E-state index is 13.2. The molecular weight excluding hydrogens is 500 g/mol. The summed E-state index contributed by atoms with van der Waals surface area (Å²) in [4.78, 5) is 2.29. The highest BCUT2D eigenvalue weighted by Crippen LogP contribution is 2.46. The van der Waals surface area contributed by atoms with Gasteiger partial charge in [0.05, 0.1) is 10.9 Å². The SMILES string of the molecule is CN1C2=C(SCC2)C(NCCCCCCCCc2ccccc2)c2ccc(Br)cc2S1=O. The van der Waals surface area contributed by atoms with E-state index in [0.717, 1.165) is 28.1 Å². The fourth-order valence-electron chi connectivity index (χ4n) is 4.57. The molecular formula is C26H33BrN2OS2. The fourth-order valence-corrected chi connectivity index (χ4v) is 7.74. The quantitative estimate of drug-likeness (QED) is 0.335. The van der Waals surface area contributed by atoms with Gasteiger partial charge < -0.3 is 5.32 Å². The van der Waals surface area contributed by atoms with Gasteiger partial charge in [0.25, 0.3) is 0 Å². The second-order valence-corrected chi connectivity index (χ2v) is 12.1. The van der Waals surface area contributed by atoms with Crippen molar-refractivity contribution in [1.82, 2.24) is 9.62 Å². The summed E-state index contributed by atoms with van der Waals surface area (Å²) in [5, 5.41) is 3.82. The van der Waals surface area contributed by atoms with Crippen LogP contribution in [0, 0.1) is 0 Å². The molecule has 0 amide bonds. The minimum Gasteiger partial charge on any atom is -0.306 e. The topological polar surface area (TPSA) is 32.3 Å². The van der Waals surface area contributed by atoms with Gasteiger partial charge in [0.1, 0.15) is 0 Å². The Balaban J connectivity index is 1.26. The van der Waals surface area contributed by atoms with E-state index in [1.807, 2.05) is 29.2 Å². The molecule has 0 saturated heterocycles. The number of unbranched alkanes of at least 4 members (excludes halogenated alkanes) is 5. The van der Waals surface area contributed by atoms with Crippen LogP contribution in [0.5, 0.6) is 0 Å². The van der Waals surface area contributed by atoms with Crippen LogP contribution in [0.1, 0.15) is 62.1 Å². The number of hydrogen-bond acceptors (Lipinski definition) is 3. The van der Waals surface area contributed by atoms with E-state index in [2.05, 4.69) is 63.7 Å². The van der Waals surface area contributed by atoms with Crippen LogP contribution in [0.3, 0.4) is 0 Å². The molecule has 2 aliphatic rings. The molecule has 6 heteroatoms. The van der Waals surface area contributed by atoms with Gasteiger partial charge >= 0.3 is 0 Å². The summed E-state index contributed by atoms with van der Waals surface area (Å²) in [5.74, 6) is 1.08. The molecule has 0 aliphatic carbocycles. The summed E-state index contributed by atoms with van der Waals surface area (Å²) in [6.07, 6.45) is 9.88. The summed E-state index contributed by atoms with van der Waals surface area (Å²) in [6, 6.07) is 17.2. The molecule has 3 nitrogen and oxygen atoms in total. The minimum atomic E-state index is -1.15. The Morgan fingerprint density at radius 2 is 1.81 bits per heavy atom. The average molecular weight is 534 g/mol. The van der Waals surface area contributed by atoms with Gasteiger partial charge in [0.2, 0.25) is 0 Å². The van der Waals surface area contributed by atoms with Crippen molar-refractivity contribution >= 4 is 38.7 Å². The van der Waals surface area contributed by atoms with E-state index in [9.17, 15) is 4.21 Å². The number of fused-ring (bicyclic) bond motifs is 1. The van der Waals surface area contributed by atoms with Crippen molar-refractivity contribution in [2.24, 2.45) is 0 Å². The highest BCUT2D eigenvalue weighted by Gasteiger charge is 2.34. The van der Waals surface area contributed by atoms with Gasteiger partial charge in [-0.15, -0.1) is 11.8 Å². The number of benzene rings is 2. The summed E-state index contributed by atoms with van der Waals surface area (Å²) < 4.78 is 16.2. The van der Waals surface area contributed by atoms with Crippen molar-refractivity contribution < 1.29 is 4.21 Å². The lowest BCUT2D eigenvalue weighted by Crippen LogP contribution is -2.24. The van der Waals surface area contributed by atoms with E-state index in [4.69, 9.17) is 0 Å². The molecule has 2 unspecified atom stereocenters. The number of allylic oxidation sites excluding steroid dienone is 1. The molecule has 0 radical (unpaired) electrons. The van der Waals surface area contributed by atoms with E-state index in [-0.39, 0.29) is 6.04 Å². The van der Waals surface area contributed by atoms with Crippen LogP contribution in [-0.4, -0.2) is 27.9 Å². The first-order valence-electron chi connectivity index (χ1n) is 11.7. The molecule has 2 aliphatic heterocycles. The summed E-state index contributed by atoms with van der Waals surface area (Å²) in [7, 11) is 0.820. The van der Waals surface area contributed by atoms with Crippen LogP contribution in [0.2, 0.25) is 0 Å². The third kappa shape index (κ3) is 5.88. The van der Waals surface area contributed by atoms with Crippen molar-refractivity contribution in [3.05, 3.63) is 74.7 Å². The third-order valence-electron chi connectivity index (χ3n) is 6.33. The lowest BCUT2D eigenvalue weighted by molar-refractivity contribution is 0.536. The van der Waals surface area contributed by atoms with Crippen molar-refractivity contribution in [3.8, 4) is 0 Å². The number of hydrogen-bond donors (Lipinski definition) is 1. The summed E-state index contributed by atoms with van der Waals surface area (Å²) >= 11 is 5.49. The number of thioether (sulfide) groups is 1. The standard InChI is InChI=1S/C26H33BrN2OS2/c1-29-23-16-18-31-26(23)25(22-15-14-21(27)19-24(22)32(29)30)28-17-10-5-3-2-4-7-11-20-12-8-6-9-13-20/h6,8-9,12-15,19,25,28H,2-5,7,10-11,16-18H2,1H3. The van der Waals surface area contributed by atoms with Crippen molar-refractivity contribution in [2.75, 3.05) is 19.3 Å². The van der Waals surface area contributed by atoms with Crippen LogP contribution >= 0.6 is 27.7 Å². The first-order chi connectivity index (χ1) is 15.6. The van der Waals surface area contributed by atoms with Gasteiger partial charge in [-0.25, -0.2) is 4.21 Å². The van der Waals surface area contributed by atoms with E-state index in [1.165, 1.54) is 66.7 Å². The molecule has 4 rings (SSSR count). The molecule has 172 valence electrons. The molecule has 2 aromatic carbocycles. The van der Waals surface area contributed by atoms with E-state index >= 15 is 0 Å². The van der Waals surface area contributed by atoms with Crippen LogP contribution in [0.15, 0.2) is 68.5 Å². The highest BCUT2D eigenvalue weighted by atomic mass is 79.9. The molecule has 1 N–H and O–H groups in total. The number of rotatable bonds is 10. The zero-order chi connectivity index (χ0) is 22.3. The molecule has 0 saturated carbocycles. The van der Waals surface area contributed by atoms with Gasteiger partial charge in [-0.1, -0.05) is 78.0 Å². The first-order valence-corrected chi connectivity index (χ1v) is 14.6. The zero-order valence-corrected chi connectivity index (χ0v) is 22.0. The maximum absolute atomic E-state index is 13.2. The number of halogens is 1. The number of aryl methyl sites for hydroxylation is 1. The van der Waals surface area contributed by atoms with Crippen LogP contribution in [0.25, 0.3) is 0 Å². The Morgan fingerprint density at radius 1 is 1.06 bits per heavy atom. The molecule has 0 fully saturated rings. The van der Waals surface area contributed by atoms with E-state index in [1.54, 1.807) is 0 Å². The predicted molar refractivity (Wildman–Crippen MR) is 141 cm³/mol. The Hall–Kier alpha value is -1.08. The lowest BCUT2D eigenvalue weighted by atomic mass is 10.0. The summed E-state index contributed by atoms with van der Waals surface area (Å²) in [6.45, 7) is 0.998. The zero-order valence-electron chi connectivity index (χ0n) is 18.8. The van der Waals surface area contributed by atoms with Crippen LogP contribution in [0.4, 0.5) is 0 Å². The van der Waals surface area contributed by atoms with E-state index in [0.29, 0.717) is 0 Å². The molecule has 32 heavy (non-hydrogen) atoms. The van der Waals surface area contributed by atoms with Gasteiger partial charge in [-0.05, 0) is 55.5 Å². The normalized spacial score (nSPS) is 20.2. The first kappa shape index (κ1) is 24.1. The Labute approximate surface area is 208 Å². The Kier molecular flexibility index (Phi) is 8.92. The van der Waals surface area contributed by atoms with Crippen molar-refractivity contribution in [2.45, 2.75) is 62.3 Å². The third-order valence-corrected chi connectivity index (χ3v) is 9.46. The molecule has 2 atom stereocenters.